The zero-order chi connectivity index (χ0) is 17.3. The number of hydrogen-bond donors (Lipinski definition) is 0. The van der Waals surface area contributed by atoms with Crippen LogP contribution in [0.5, 0.6) is 0 Å². The van der Waals surface area contributed by atoms with E-state index in [-0.39, 0.29) is 4.90 Å². The summed E-state index contributed by atoms with van der Waals surface area (Å²) in [7, 11) is -3.96. The van der Waals surface area contributed by atoms with Crippen molar-refractivity contribution in [3.63, 3.8) is 0 Å². The van der Waals surface area contributed by atoms with Gasteiger partial charge in [0, 0.05) is 11.3 Å². The summed E-state index contributed by atoms with van der Waals surface area (Å²) in [6.45, 7) is 1.57. The highest BCUT2D eigenvalue weighted by molar-refractivity contribution is 7.90. The minimum absolute atomic E-state index is 0.0442. The molecule has 0 saturated carbocycles. The Morgan fingerprint density at radius 3 is 2.21 bits per heavy atom. The molecule has 4 nitrogen and oxygen atoms in total. The van der Waals surface area contributed by atoms with E-state index in [1.165, 1.54) is 12.1 Å². The highest BCUT2D eigenvalue weighted by Crippen LogP contribution is 2.29. The average Bonchev–Trinajstić information content (AvgIpc) is 2.93. The van der Waals surface area contributed by atoms with Crippen LogP contribution in [0.1, 0.15) is 16.1 Å². The zero-order valence-corrected chi connectivity index (χ0v) is 13.6. The van der Waals surface area contributed by atoms with Gasteiger partial charge >= 0.3 is 0 Å². The number of aldehydes is 1. The predicted molar refractivity (Wildman–Crippen MR) is 89.0 cm³/mol. The molecule has 3 aromatic rings. The van der Waals surface area contributed by atoms with Crippen LogP contribution in [0, 0.1) is 12.7 Å². The van der Waals surface area contributed by atoms with Crippen molar-refractivity contribution in [2.75, 3.05) is 0 Å². The van der Waals surface area contributed by atoms with Gasteiger partial charge in [0.05, 0.1) is 10.6 Å². The lowest BCUT2D eigenvalue weighted by Crippen LogP contribution is -2.16. The van der Waals surface area contributed by atoms with Crippen molar-refractivity contribution in [2.24, 2.45) is 0 Å². The van der Waals surface area contributed by atoms with Gasteiger partial charge in [0.15, 0.2) is 6.29 Å². The van der Waals surface area contributed by atoms with Crippen LogP contribution in [-0.4, -0.2) is 18.7 Å². The van der Waals surface area contributed by atoms with E-state index in [2.05, 4.69) is 0 Å². The van der Waals surface area contributed by atoms with E-state index in [1.54, 1.807) is 37.3 Å². The third-order valence-electron chi connectivity index (χ3n) is 3.78. The van der Waals surface area contributed by atoms with Gasteiger partial charge in [0.1, 0.15) is 5.82 Å². The fourth-order valence-electron chi connectivity index (χ4n) is 2.56. The van der Waals surface area contributed by atoms with Crippen molar-refractivity contribution in [1.29, 1.82) is 0 Å². The van der Waals surface area contributed by atoms with Crippen LogP contribution in [0.15, 0.2) is 65.6 Å². The van der Waals surface area contributed by atoms with Gasteiger partial charge < -0.3 is 0 Å². The first-order valence-electron chi connectivity index (χ1n) is 7.19. The molecule has 0 aliphatic heterocycles. The summed E-state index contributed by atoms with van der Waals surface area (Å²) < 4.78 is 40.3. The molecule has 0 aliphatic rings. The molecule has 1 aromatic heterocycles. The fraction of sp³-hybridized carbons (Fsp3) is 0.0556. The Hall–Kier alpha value is -2.73. The molecule has 0 N–H and O–H groups in total. The van der Waals surface area contributed by atoms with Gasteiger partial charge in [-0.15, -0.1) is 0 Å². The Kier molecular flexibility index (Phi) is 4.07. The SMILES string of the molecule is Cc1c(C=O)cc(-c2ccccc2)n1S(=O)(=O)c1ccc(F)cc1. The van der Waals surface area contributed by atoms with E-state index >= 15 is 0 Å². The molecule has 0 atom stereocenters. The van der Waals surface area contributed by atoms with Crippen molar-refractivity contribution >= 4 is 16.3 Å². The molecule has 0 fully saturated rings. The van der Waals surface area contributed by atoms with E-state index in [1.807, 2.05) is 6.07 Å². The van der Waals surface area contributed by atoms with E-state index in [0.29, 0.717) is 28.8 Å². The molecule has 2 aromatic carbocycles. The lowest BCUT2D eigenvalue weighted by molar-refractivity contribution is 0.112. The molecule has 6 heteroatoms. The van der Waals surface area contributed by atoms with Crippen LogP contribution >= 0.6 is 0 Å². The summed E-state index contributed by atoms with van der Waals surface area (Å²) in [6, 6.07) is 15.1. The third-order valence-corrected chi connectivity index (χ3v) is 5.60. The summed E-state index contributed by atoms with van der Waals surface area (Å²) in [6.07, 6.45) is 0.623. The first-order valence-corrected chi connectivity index (χ1v) is 8.63. The van der Waals surface area contributed by atoms with Gasteiger partial charge in [-0.1, -0.05) is 30.3 Å². The Morgan fingerprint density at radius 1 is 1.00 bits per heavy atom. The first-order chi connectivity index (χ1) is 11.4. The molecule has 0 spiro atoms. The van der Waals surface area contributed by atoms with Crippen molar-refractivity contribution in [3.8, 4) is 11.3 Å². The van der Waals surface area contributed by atoms with Crippen LogP contribution in [0.4, 0.5) is 4.39 Å². The fourth-order valence-corrected chi connectivity index (χ4v) is 4.13. The molecule has 0 amide bonds. The first kappa shape index (κ1) is 16.1. The summed E-state index contributed by atoms with van der Waals surface area (Å²) in [5.41, 5.74) is 1.66. The van der Waals surface area contributed by atoms with Crippen LogP contribution in [0.3, 0.4) is 0 Å². The standard InChI is InChI=1S/C18H14FNO3S/c1-13-15(12-21)11-18(14-5-3-2-4-6-14)20(13)24(22,23)17-9-7-16(19)8-10-17/h2-12H,1H3. The van der Waals surface area contributed by atoms with Crippen molar-refractivity contribution in [3.05, 3.63) is 77.7 Å². The van der Waals surface area contributed by atoms with E-state index in [4.69, 9.17) is 0 Å². The molecule has 0 bridgehead atoms. The molecular formula is C18H14FNO3S. The van der Waals surface area contributed by atoms with Crippen molar-refractivity contribution in [2.45, 2.75) is 11.8 Å². The highest BCUT2D eigenvalue weighted by Gasteiger charge is 2.25. The number of aromatic nitrogens is 1. The average molecular weight is 343 g/mol. The van der Waals surface area contributed by atoms with Gasteiger partial charge in [-0.2, -0.15) is 0 Å². The summed E-state index contributed by atoms with van der Waals surface area (Å²) in [5.74, 6) is -0.518. The summed E-state index contributed by atoms with van der Waals surface area (Å²) >= 11 is 0. The second kappa shape index (κ2) is 6.05. The summed E-state index contributed by atoms with van der Waals surface area (Å²) in [4.78, 5) is 11.2. The number of halogens is 1. The van der Waals surface area contributed by atoms with Gasteiger partial charge in [-0.3, -0.25) is 4.79 Å². The quantitative estimate of drug-likeness (QED) is 0.680. The molecular weight excluding hydrogens is 329 g/mol. The predicted octanol–water partition coefficient (Wildman–Crippen LogP) is 3.65. The molecule has 0 saturated heterocycles. The second-order valence-electron chi connectivity index (χ2n) is 5.28. The molecule has 0 radical (unpaired) electrons. The Morgan fingerprint density at radius 2 is 1.62 bits per heavy atom. The summed E-state index contributed by atoms with van der Waals surface area (Å²) in [5, 5.41) is 0. The monoisotopic (exact) mass is 343 g/mol. The van der Waals surface area contributed by atoms with Crippen LogP contribution in [0.25, 0.3) is 11.3 Å². The Bertz CT molecular complexity index is 991. The molecule has 0 aliphatic carbocycles. The van der Waals surface area contributed by atoms with Crippen LogP contribution < -0.4 is 0 Å². The van der Waals surface area contributed by atoms with Crippen LogP contribution in [-0.2, 0) is 10.0 Å². The zero-order valence-electron chi connectivity index (χ0n) is 12.8. The number of carbonyl (C=O) groups excluding carboxylic acids is 1. The lowest BCUT2D eigenvalue weighted by Gasteiger charge is -2.13. The minimum Gasteiger partial charge on any atom is -0.298 e. The molecule has 3 rings (SSSR count). The third kappa shape index (κ3) is 2.65. The normalized spacial score (nSPS) is 11.4. The lowest BCUT2D eigenvalue weighted by atomic mass is 10.1. The Balaban J connectivity index is 2.29. The number of carbonyl (C=O) groups is 1. The minimum atomic E-state index is -3.96. The molecule has 122 valence electrons. The maximum absolute atomic E-state index is 13.1. The molecule has 1 heterocycles. The van der Waals surface area contributed by atoms with E-state index in [0.717, 1.165) is 16.1 Å². The molecule has 0 unspecified atom stereocenters. The second-order valence-corrected chi connectivity index (χ2v) is 7.06. The number of hydrogen-bond acceptors (Lipinski definition) is 3. The highest BCUT2D eigenvalue weighted by atomic mass is 32.2. The maximum atomic E-state index is 13.1. The van der Waals surface area contributed by atoms with Crippen LogP contribution in [0.2, 0.25) is 0 Å². The largest absolute Gasteiger partial charge is 0.298 e. The number of benzene rings is 2. The van der Waals surface area contributed by atoms with Gasteiger partial charge in [-0.05, 0) is 42.8 Å². The van der Waals surface area contributed by atoms with E-state index < -0.39 is 15.8 Å². The van der Waals surface area contributed by atoms with Gasteiger partial charge in [0.25, 0.3) is 10.0 Å². The van der Waals surface area contributed by atoms with Crippen molar-refractivity contribution < 1.29 is 17.6 Å². The topological polar surface area (TPSA) is 56.1 Å². The van der Waals surface area contributed by atoms with Gasteiger partial charge in [0.2, 0.25) is 0 Å². The van der Waals surface area contributed by atoms with E-state index in [9.17, 15) is 17.6 Å². The maximum Gasteiger partial charge on any atom is 0.268 e. The Labute approximate surface area is 139 Å². The van der Waals surface area contributed by atoms with Crippen molar-refractivity contribution in [1.82, 2.24) is 3.97 Å². The van der Waals surface area contributed by atoms with Gasteiger partial charge in [-0.25, -0.2) is 16.8 Å². The number of nitrogens with zero attached hydrogens (tertiary/aromatic N) is 1. The molecule has 24 heavy (non-hydrogen) atoms. The number of rotatable bonds is 4. The smallest absolute Gasteiger partial charge is 0.268 e.